The third-order valence-corrected chi connectivity index (χ3v) is 3.15. The average Bonchev–Trinajstić information content (AvgIpc) is 2.88. The second kappa shape index (κ2) is 5.89. The van der Waals surface area contributed by atoms with Crippen LogP contribution >= 0.6 is 0 Å². The zero-order valence-corrected chi connectivity index (χ0v) is 10.3. The minimum absolute atomic E-state index is 0.0889. The van der Waals surface area contributed by atoms with Crippen LogP contribution in [-0.2, 0) is 13.1 Å². The summed E-state index contributed by atoms with van der Waals surface area (Å²) in [6.45, 7) is 1.05. The molecule has 2 rings (SSSR count). The quantitative estimate of drug-likeness (QED) is 0.716. The monoisotopic (exact) mass is 278 g/mol. The highest BCUT2D eigenvalue weighted by molar-refractivity contribution is 4.93. The lowest BCUT2D eigenvalue weighted by atomic mass is 10.1. The van der Waals surface area contributed by atoms with Crippen LogP contribution in [-0.4, -0.2) is 46.6 Å². The molecule has 1 aromatic rings. The molecule has 0 aromatic carbocycles. The number of β-amino-alcohol motifs (C(OH)–C–C–N with tert-alkyl or cyclic N) is 1. The SMILES string of the molecule is OC1CNCC1CNCc1nccn1CC(F)(F)F. The van der Waals surface area contributed by atoms with Gasteiger partial charge in [0.1, 0.15) is 12.4 Å². The molecule has 1 aliphatic rings. The Labute approximate surface area is 108 Å². The van der Waals surface area contributed by atoms with Gasteiger partial charge in [-0.05, 0) is 0 Å². The van der Waals surface area contributed by atoms with Gasteiger partial charge in [-0.2, -0.15) is 13.2 Å². The number of alkyl halides is 3. The first-order chi connectivity index (χ1) is 8.96. The number of hydrogen-bond acceptors (Lipinski definition) is 4. The second-order valence-corrected chi connectivity index (χ2v) is 4.70. The van der Waals surface area contributed by atoms with Gasteiger partial charge in [-0.1, -0.05) is 0 Å². The van der Waals surface area contributed by atoms with Crippen molar-refractivity contribution >= 4 is 0 Å². The summed E-state index contributed by atoms with van der Waals surface area (Å²) in [7, 11) is 0. The van der Waals surface area contributed by atoms with Crippen molar-refractivity contribution in [1.82, 2.24) is 20.2 Å². The van der Waals surface area contributed by atoms with E-state index >= 15 is 0 Å². The van der Waals surface area contributed by atoms with Crippen LogP contribution in [0.25, 0.3) is 0 Å². The lowest BCUT2D eigenvalue weighted by Crippen LogP contribution is -2.31. The number of halogens is 3. The highest BCUT2D eigenvalue weighted by Crippen LogP contribution is 2.18. The zero-order chi connectivity index (χ0) is 13.9. The smallest absolute Gasteiger partial charge is 0.391 e. The van der Waals surface area contributed by atoms with Gasteiger partial charge < -0.3 is 20.3 Å². The number of nitrogens with zero attached hydrogens (tertiary/aromatic N) is 2. The lowest BCUT2D eigenvalue weighted by molar-refractivity contribution is -0.141. The Balaban J connectivity index is 1.81. The fourth-order valence-electron chi connectivity index (χ4n) is 2.14. The average molecular weight is 278 g/mol. The lowest BCUT2D eigenvalue weighted by Gasteiger charge is -2.15. The molecule has 0 radical (unpaired) electrons. The van der Waals surface area contributed by atoms with E-state index in [-0.39, 0.29) is 12.5 Å². The third kappa shape index (κ3) is 4.19. The van der Waals surface area contributed by atoms with Crippen LogP contribution in [0.2, 0.25) is 0 Å². The van der Waals surface area contributed by atoms with Crippen molar-refractivity contribution in [1.29, 1.82) is 0 Å². The standard InChI is InChI=1S/C11H17F3N4O/c12-11(13,14)7-18-2-1-17-10(18)6-16-4-8-3-15-5-9(8)19/h1-2,8-9,15-16,19H,3-7H2. The molecule has 2 unspecified atom stereocenters. The summed E-state index contributed by atoms with van der Waals surface area (Å²) >= 11 is 0. The summed E-state index contributed by atoms with van der Waals surface area (Å²) in [5, 5.41) is 15.7. The van der Waals surface area contributed by atoms with E-state index in [0.717, 1.165) is 4.57 Å². The van der Waals surface area contributed by atoms with Crippen molar-refractivity contribution in [3.63, 3.8) is 0 Å². The Hall–Kier alpha value is -1.12. The number of aromatic nitrogens is 2. The maximum absolute atomic E-state index is 12.3. The fourth-order valence-corrected chi connectivity index (χ4v) is 2.14. The van der Waals surface area contributed by atoms with E-state index in [0.29, 0.717) is 25.5 Å². The van der Waals surface area contributed by atoms with Gasteiger partial charge in [-0.3, -0.25) is 0 Å². The van der Waals surface area contributed by atoms with E-state index in [1.54, 1.807) is 0 Å². The van der Waals surface area contributed by atoms with E-state index in [1.807, 2.05) is 0 Å². The van der Waals surface area contributed by atoms with E-state index in [2.05, 4.69) is 15.6 Å². The predicted octanol–water partition coefficient (Wildman–Crippen LogP) is 0.115. The predicted molar refractivity (Wildman–Crippen MR) is 62.4 cm³/mol. The van der Waals surface area contributed by atoms with Gasteiger partial charge in [0.2, 0.25) is 0 Å². The van der Waals surface area contributed by atoms with Crippen molar-refractivity contribution in [2.45, 2.75) is 25.4 Å². The van der Waals surface area contributed by atoms with E-state index in [1.165, 1.54) is 12.4 Å². The van der Waals surface area contributed by atoms with Gasteiger partial charge in [0.25, 0.3) is 0 Å². The van der Waals surface area contributed by atoms with Crippen molar-refractivity contribution in [2.24, 2.45) is 5.92 Å². The summed E-state index contributed by atoms with van der Waals surface area (Å²) in [6, 6.07) is 0. The van der Waals surface area contributed by atoms with Crippen LogP contribution in [0, 0.1) is 5.92 Å². The van der Waals surface area contributed by atoms with E-state index < -0.39 is 18.8 Å². The molecule has 5 nitrogen and oxygen atoms in total. The van der Waals surface area contributed by atoms with Crippen molar-refractivity contribution in [3.8, 4) is 0 Å². The molecule has 3 N–H and O–H groups in total. The van der Waals surface area contributed by atoms with Crippen molar-refractivity contribution in [3.05, 3.63) is 18.2 Å². The van der Waals surface area contributed by atoms with Crippen molar-refractivity contribution < 1.29 is 18.3 Å². The number of aliphatic hydroxyl groups is 1. The summed E-state index contributed by atoms with van der Waals surface area (Å²) in [5.74, 6) is 0.434. The molecule has 0 spiro atoms. The number of hydrogen-bond donors (Lipinski definition) is 3. The van der Waals surface area contributed by atoms with Crippen LogP contribution in [0.3, 0.4) is 0 Å². The molecule has 0 bridgehead atoms. The van der Waals surface area contributed by atoms with Gasteiger partial charge in [0, 0.05) is 37.9 Å². The molecule has 19 heavy (non-hydrogen) atoms. The number of aliphatic hydroxyl groups excluding tert-OH is 1. The Morgan fingerprint density at radius 1 is 1.47 bits per heavy atom. The number of nitrogens with one attached hydrogen (secondary N) is 2. The molecule has 0 aliphatic carbocycles. The van der Waals surface area contributed by atoms with Crippen LogP contribution in [0.15, 0.2) is 12.4 Å². The minimum Gasteiger partial charge on any atom is -0.391 e. The normalized spacial score (nSPS) is 24.0. The molecule has 1 saturated heterocycles. The molecular weight excluding hydrogens is 261 g/mol. The van der Waals surface area contributed by atoms with Gasteiger partial charge in [-0.15, -0.1) is 0 Å². The Bertz CT molecular complexity index is 407. The minimum atomic E-state index is -4.25. The fraction of sp³-hybridized carbons (Fsp3) is 0.727. The van der Waals surface area contributed by atoms with Crippen LogP contribution in [0.4, 0.5) is 13.2 Å². The first-order valence-electron chi connectivity index (χ1n) is 6.12. The number of imidazole rings is 1. The molecule has 108 valence electrons. The first-order valence-corrected chi connectivity index (χ1v) is 6.12. The summed E-state index contributed by atoms with van der Waals surface area (Å²) < 4.78 is 38.0. The molecule has 0 saturated carbocycles. The second-order valence-electron chi connectivity index (χ2n) is 4.70. The van der Waals surface area contributed by atoms with E-state index in [9.17, 15) is 18.3 Å². The van der Waals surface area contributed by atoms with Gasteiger partial charge in [-0.25, -0.2) is 4.98 Å². The summed E-state index contributed by atoms with van der Waals surface area (Å²) in [6.07, 6.45) is -1.98. The third-order valence-electron chi connectivity index (χ3n) is 3.15. The maximum Gasteiger partial charge on any atom is 0.406 e. The Morgan fingerprint density at radius 3 is 2.89 bits per heavy atom. The van der Waals surface area contributed by atoms with Crippen LogP contribution in [0.1, 0.15) is 5.82 Å². The highest BCUT2D eigenvalue weighted by atomic mass is 19.4. The van der Waals surface area contributed by atoms with Crippen LogP contribution < -0.4 is 10.6 Å². The van der Waals surface area contributed by atoms with Crippen molar-refractivity contribution in [2.75, 3.05) is 19.6 Å². The van der Waals surface area contributed by atoms with E-state index in [4.69, 9.17) is 0 Å². The highest BCUT2D eigenvalue weighted by Gasteiger charge is 2.29. The summed E-state index contributed by atoms with van der Waals surface area (Å²) in [4.78, 5) is 3.91. The zero-order valence-electron chi connectivity index (χ0n) is 10.3. The molecule has 1 aromatic heterocycles. The molecule has 1 fully saturated rings. The Morgan fingerprint density at radius 2 is 2.26 bits per heavy atom. The Kier molecular flexibility index (Phi) is 4.43. The van der Waals surface area contributed by atoms with Gasteiger partial charge in [0.15, 0.2) is 0 Å². The van der Waals surface area contributed by atoms with Gasteiger partial charge in [0.05, 0.1) is 12.6 Å². The summed E-state index contributed by atoms with van der Waals surface area (Å²) in [5.41, 5.74) is 0. The molecule has 2 atom stereocenters. The maximum atomic E-state index is 12.3. The molecule has 0 amide bonds. The molecule has 1 aliphatic heterocycles. The molecule has 8 heteroatoms. The van der Waals surface area contributed by atoms with Crippen LogP contribution in [0.5, 0.6) is 0 Å². The van der Waals surface area contributed by atoms with Gasteiger partial charge >= 0.3 is 6.18 Å². The molecule has 2 heterocycles. The first kappa shape index (κ1) is 14.3. The number of rotatable bonds is 5. The largest absolute Gasteiger partial charge is 0.406 e. The topological polar surface area (TPSA) is 62.1 Å². The molecular formula is C11H17F3N4O.